The van der Waals surface area contributed by atoms with Gasteiger partial charge in [-0.2, -0.15) is 0 Å². The fourth-order valence-corrected chi connectivity index (χ4v) is 3.03. The first kappa shape index (κ1) is 14.1. The first-order valence-corrected chi connectivity index (χ1v) is 7.50. The summed E-state index contributed by atoms with van der Waals surface area (Å²) in [4.78, 5) is 15.9. The second-order valence-corrected chi connectivity index (χ2v) is 5.53. The number of hydrogen-bond acceptors (Lipinski definition) is 3. The van der Waals surface area contributed by atoms with Crippen molar-refractivity contribution in [3.05, 3.63) is 29.6 Å². The van der Waals surface area contributed by atoms with Crippen molar-refractivity contribution < 1.29 is 14.6 Å². The smallest absolute Gasteiger partial charge is 0.337 e. The van der Waals surface area contributed by atoms with E-state index in [1.165, 1.54) is 0 Å². The maximum atomic E-state index is 11.3. The summed E-state index contributed by atoms with van der Waals surface area (Å²) < 4.78 is 7.60. The minimum Gasteiger partial charge on any atom is -0.478 e. The van der Waals surface area contributed by atoms with Crippen molar-refractivity contribution in [3.63, 3.8) is 0 Å². The van der Waals surface area contributed by atoms with Crippen molar-refractivity contribution >= 4 is 17.0 Å². The molecular formula is C16H20N2O3. The largest absolute Gasteiger partial charge is 0.478 e. The van der Waals surface area contributed by atoms with E-state index in [-0.39, 0.29) is 5.56 Å². The minimum atomic E-state index is -0.918. The van der Waals surface area contributed by atoms with Gasteiger partial charge in [0, 0.05) is 26.2 Å². The average Bonchev–Trinajstić information content (AvgIpc) is 2.86. The molecule has 112 valence electrons. The van der Waals surface area contributed by atoms with Gasteiger partial charge in [-0.1, -0.05) is 13.0 Å². The quantitative estimate of drug-likeness (QED) is 0.939. The maximum absolute atomic E-state index is 11.3. The molecule has 1 N–H and O–H groups in total. The molecule has 5 nitrogen and oxygen atoms in total. The van der Waals surface area contributed by atoms with Crippen LogP contribution in [-0.2, 0) is 17.7 Å². The summed E-state index contributed by atoms with van der Waals surface area (Å²) in [6.07, 6.45) is 2.92. The third kappa shape index (κ3) is 2.65. The lowest BCUT2D eigenvalue weighted by Crippen LogP contribution is -2.21. The van der Waals surface area contributed by atoms with Gasteiger partial charge in [-0.05, 0) is 30.9 Å². The monoisotopic (exact) mass is 288 g/mol. The van der Waals surface area contributed by atoms with Gasteiger partial charge in [0.15, 0.2) is 0 Å². The van der Waals surface area contributed by atoms with Crippen molar-refractivity contribution in [1.82, 2.24) is 9.55 Å². The number of fused-ring (bicyclic) bond motifs is 1. The Morgan fingerprint density at radius 1 is 1.43 bits per heavy atom. The maximum Gasteiger partial charge on any atom is 0.337 e. The summed E-state index contributed by atoms with van der Waals surface area (Å²) in [6.45, 7) is 4.59. The summed E-state index contributed by atoms with van der Waals surface area (Å²) in [5.74, 6) is 0.624. The molecule has 0 atom stereocenters. The van der Waals surface area contributed by atoms with Gasteiger partial charge in [-0.25, -0.2) is 9.78 Å². The second kappa shape index (κ2) is 5.85. The van der Waals surface area contributed by atoms with Crippen LogP contribution in [0.25, 0.3) is 11.0 Å². The molecule has 2 heterocycles. The topological polar surface area (TPSA) is 64.3 Å². The van der Waals surface area contributed by atoms with E-state index < -0.39 is 5.97 Å². The van der Waals surface area contributed by atoms with Crippen molar-refractivity contribution in [2.75, 3.05) is 13.2 Å². The van der Waals surface area contributed by atoms with E-state index in [0.717, 1.165) is 50.4 Å². The van der Waals surface area contributed by atoms with E-state index in [0.29, 0.717) is 11.4 Å². The molecule has 5 heteroatoms. The summed E-state index contributed by atoms with van der Waals surface area (Å²) in [5.41, 5.74) is 1.82. The normalized spacial score (nSPS) is 16.4. The number of ether oxygens (including phenoxy) is 1. The first-order valence-electron chi connectivity index (χ1n) is 7.50. The number of nitrogens with zero attached hydrogens (tertiary/aromatic N) is 2. The van der Waals surface area contributed by atoms with Crippen LogP contribution in [-0.4, -0.2) is 33.8 Å². The Hall–Kier alpha value is -1.88. The number of imidazole rings is 1. The molecule has 1 aliphatic heterocycles. The summed E-state index contributed by atoms with van der Waals surface area (Å²) in [6, 6.07) is 5.39. The van der Waals surface area contributed by atoms with Crippen LogP contribution in [0, 0.1) is 5.92 Å². The number of aromatic carboxylic acids is 1. The second-order valence-electron chi connectivity index (χ2n) is 5.53. The van der Waals surface area contributed by atoms with Gasteiger partial charge in [0.1, 0.15) is 11.3 Å². The van der Waals surface area contributed by atoms with E-state index in [4.69, 9.17) is 4.74 Å². The summed E-state index contributed by atoms with van der Waals surface area (Å²) in [7, 11) is 0. The molecule has 0 radical (unpaired) electrons. The molecular weight excluding hydrogens is 268 g/mol. The Kier molecular flexibility index (Phi) is 3.92. The molecule has 2 aromatic rings. The molecule has 3 rings (SSSR count). The van der Waals surface area contributed by atoms with Crippen molar-refractivity contribution in [3.8, 4) is 0 Å². The molecule has 0 unspecified atom stereocenters. The molecule has 1 aromatic carbocycles. The zero-order valence-corrected chi connectivity index (χ0v) is 12.2. The number of carbonyl (C=O) groups is 1. The third-order valence-corrected chi connectivity index (χ3v) is 4.19. The van der Waals surface area contributed by atoms with Gasteiger partial charge in [-0.3, -0.25) is 0 Å². The molecule has 0 aliphatic carbocycles. The van der Waals surface area contributed by atoms with Crippen LogP contribution >= 0.6 is 0 Å². The number of carboxylic acids is 1. The highest BCUT2D eigenvalue weighted by Gasteiger charge is 2.20. The van der Waals surface area contributed by atoms with E-state index in [1.807, 2.05) is 6.07 Å². The Balaban J connectivity index is 2.03. The fourth-order valence-electron chi connectivity index (χ4n) is 3.03. The predicted molar refractivity (Wildman–Crippen MR) is 79.6 cm³/mol. The number of aromatic nitrogens is 2. The lowest BCUT2D eigenvalue weighted by molar-refractivity contribution is 0.0613. The number of aryl methyl sites for hydroxylation is 1. The van der Waals surface area contributed by atoms with E-state index in [2.05, 4.69) is 16.5 Å². The Bertz CT molecular complexity index is 657. The van der Waals surface area contributed by atoms with Gasteiger partial charge in [-0.15, -0.1) is 0 Å². The number of hydrogen-bond donors (Lipinski definition) is 1. The number of benzene rings is 1. The highest BCUT2D eigenvalue weighted by molar-refractivity contribution is 6.01. The molecule has 0 spiro atoms. The van der Waals surface area contributed by atoms with Gasteiger partial charge in [0.05, 0.1) is 11.1 Å². The van der Waals surface area contributed by atoms with Crippen LogP contribution in [0.15, 0.2) is 18.2 Å². The number of carboxylic acid groups (broad SMARTS) is 1. The van der Waals surface area contributed by atoms with E-state index in [1.54, 1.807) is 12.1 Å². The number of rotatable bonds is 4. The molecule has 0 saturated carbocycles. The summed E-state index contributed by atoms with van der Waals surface area (Å²) >= 11 is 0. The van der Waals surface area contributed by atoms with Gasteiger partial charge >= 0.3 is 5.97 Å². The molecule has 1 aliphatic rings. The van der Waals surface area contributed by atoms with Gasteiger partial charge in [0.2, 0.25) is 0 Å². The minimum absolute atomic E-state index is 0.285. The Labute approximate surface area is 123 Å². The van der Waals surface area contributed by atoms with Crippen LogP contribution in [0.5, 0.6) is 0 Å². The number of para-hydroxylation sites is 1. The highest BCUT2D eigenvalue weighted by atomic mass is 16.5. The zero-order valence-electron chi connectivity index (χ0n) is 12.2. The molecule has 1 saturated heterocycles. The zero-order chi connectivity index (χ0) is 14.8. The predicted octanol–water partition coefficient (Wildman–Crippen LogP) is 2.72. The van der Waals surface area contributed by atoms with E-state index in [9.17, 15) is 9.90 Å². The van der Waals surface area contributed by atoms with Crippen molar-refractivity contribution in [2.24, 2.45) is 5.92 Å². The highest BCUT2D eigenvalue weighted by Crippen LogP contribution is 2.25. The Morgan fingerprint density at radius 2 is 2.19 bits per heavy atom. The van der Waals surface area contributed by atoms with Crippen LogP contribution < -0.4 is 0 Å². The van der Waals surface area contributed by atoms with Gasteiger partial charge in [0.25, 0.3) is 0 Å². The SMILES string of the molecule is CCc1nc2c(C(=O)O)cccc2n1CC1CCOCC1. The van der Waals surface area contributed by atoms with Crippen LogP contribution in [0.4, 0.5) is 0 Å². The van der Waals surface area contributed by atoms with E-state index >= 15 is 0 Å². The van der Waals surface area contributed by atoms with Crippen LogP contribution in [0.1, 0.15) is 35.9 Å². The molecule has 1 aromatic heterocycles. The average molecular weight is 288 g/mol. The summed E-state index contributed by atoms with van der Waals surface area (Å²) in [5, 5.41) is 9.31. The standard InChI is InChI=1S/C16H20N2O3/c1-2-14-17-15-12(16(19)20)4-3-5-13(15)18(14)10-11-6-8-21-9-7-11/h3-5,11H,2,6-10H2,1H3,(H,19,20). The molecule has 0 amide bonds. The molecule has 1 fully saturated rings. The lowest BCUT2D eigenvalue weighted by Gasteiger charge is -2.23. The Morgan fingerprint density at radius 3 is 2.86 bits per heavy atom. The third-order valence-electron chi connectivity index (χ3n) is 4.19. The lowest BCUT2D eigenvalue weighted by atomic mass is 10.00. The van der Waals surface area contributed by atoms with Crippen molar-refractivity contribution in [2.45, 2.75) is 32.7 Å². The van der Waals surface area contributed by atoms with Gasteiger partial charge < -0.3 is 14.4 Å². The molecule has 0 bridgehead atoms. The fraction of sp³-hybridized carbons (Fsp3) is 0.500. The molecule has 21 heavy (non-hydrogen) atoms. The van der Waals surface area contributed by atoms with Crippen LogP contribution in [0.3, 0.4) is 0 Å². The van der Waals surface area contributed by atoms with Crippen molar-refractivity contribution in [1.29, 1.82) is 0 Å². The van der Waals surface area contributed by atoms with Crippen LogP contribution in [0.2, 0.25) is 0 Å². The first-order chi connectivity index (χ1) is 10.2.